The highest BCUT2D eigenvalue weighted by molar-refractivity contribution is 5.73. The van der Waals surface area contributed by atoms with Crippen molar-refractivity contribution in [1.82, 2.24) is 10.3 Å². The summed E-state index contributed by atoms with van der Waals surface area (Å²) in [6.07, 6.45) is 5.22. The maximum absolute atomic E-state index is 10.8. The Morgan fingerprint density at radius 2 is 2.36 bits per heavy atom. The SMILES string of the molecule is C#Cc1cccc([C@H](C)NC(C)=O)n1. The molecule has 1 aromatic heterocycles. The van der Waals surface area contributed by atoms with E-state index in [1.165, 1.54) is 6.92 Å². The topological polar surface area (TPSA) is 42.0 Å². The van der Waals surface area contributed by atoms with Gasteiger partial charge in [0, 0.05) is 6.92 Å². The van der Waals surface area contributed by atoms with Crippen LogP contribution in [0.5, 0.6) is 0 Å². The van der Waals surface area contributed by atoms with E-state index in [0.29, 0.717) is 5.69 Å². The van der Waals surface area contributed by atoms with Crippen molar-refractivity contribution in [3.05, 3.63) is 29.6 Å². The second kappa shape index (κ2) is 4.43. The van der Waals surface area contributed by atoms with Crippen molar-refractivity contribution in [2.24, 2.45) is 0 Å². The number of hydrogen-bond acceptors (Lipinski definition) is 2. The summed E-state index contributed by atoms with van der Waals surface area (Å²) in [6.45, 7) is 3.34. The monoisotopic (exact) mass is 188 g/mol. The number of amides is 1. The molecule has 1 rings (SSSR count). The zero-order chi connectivity index (χ0) is 10.6. The molecule has 0 saturated carbocycles. The number of nitrogens with one attached hydrogen (secondary N) is 1. The van der Waals surface area contributed by atoms with Crippen LogP contribution in [0.2, 0.25) is 0 Å². The zero-order valence-electron chi connectivity index (χ0n) is 8.24. The minimum atomic E-state index is -0.110. The number of carbonyl (C=O) groups excluding carboxylic acids is 1. The van der Waals surface area contributed by atoms with Gasteiger partial charge in [-0.2, -0.15) is 0 Å². The van der Waals surface area contributed by atoms with E-state index in [-0.39, 0.29) is 11.9 Å². The van der Waals surface area contributed by atoms with Gasteiger partial charge >= 0.3 is 0 Å². The molecular weight excluding hydrogens is 176 g/mol. The van der Waals surface area contributed by atoms with Crippen molar-refractivity contribution in [3.63, 3.8) is 0 Å². The first-order valence-electron chi connectivity index (χ1n) is 4.34. The van der Waals surface area contributed by atoms with E-state index in [4.69, 9.17) is 6.42 Å². The molecule has 72 valence electrons. The molecule has 1 heterocycles. The van der Waals surface area contributed by atoms with Gasteiger partial charge in [-0.15, -0.1) is 6.42 Å². The second-order valence-corrected chi connectivity index (χ2v) is 3.01. The molecule has 0 fully saturated rings. The quantitative estimate of drug-likeness (QED) is 0.710. The lowest BCUT2D eigenvalue weighted by molar-refractivity contribution is -0.119. The summed E-state index contributed by atoms with van der Waals surface area (Å²) in [4.78, 5) is 15.0. The van der Waals surface area contributed by atoms with Gasteiger partial charge in [0.05, 0.1) is 11.7 Å². The van der Waals surface area contributed by atoms with Crippen LogP contribution in [0.15, 0.2) is 18.2 Å². The van der Waals surface area contributed by atoms with Crippen LogP contribution in [0.3, 0.4) is 0 Å². The number of hydrogen-bond donors (Lipinski definition) is 1. The van der Waals surface area contributed by atoms with Crippen molar-refractivity contribution < 1.29 is 4.79 Å². The van der Waals surface area contributed by atoms with Crippen LogP contribution in [0, 0.1) is 12.3 Å². The number of pyridine rings is 1. The third-order valence-corrected chi connectivity index (χ3v) is 1.78. The number of terminal acetylenes is 1. The van der Waals surface area contributed by atoms with Gasteiger partial charge in [0.1, 0.15) is 5.69 Å². The summed E-state index contributed by atoms with van der Waals surface area (Å²) in [7, 11) is 0. The van der Waals surface area contributed by atoms with E-state index in [1.807, 2.05) is 19.1 Å². The van der Waals surface area contributed by atoms with Crippen LogP contribution in [0.25, 0.3) is 0 Å². The van der Waals surface area contributed by atoms with Gasteiger partial charge in [-0.25, -0.2) is 4.98 Å². The molecule has 1 amide bonds. The Bertz CT molecular complexity index is 379. The summed E-state index contributed by atoms with van der Waals surface area (Å²) in [6, 6.07) is 5.31. The molecule has 1 N–H and O–H groups in total. The highest BCUT2D eigenvalue weighted by Gasteiger charge is 2.07. The maximum atomic E-state index is 10.8. The molecule has 0 saturated heterocycles. The van der Waals surface area contributed by atoms with E-state index in [0.717, 1.165) is 5.69 Å². The summed E-state index contributed by atoms with van der Waals surface area (Å²) < 4.78 is 0. The van der Waals surface area contributed by atoms with Gasteiger partial charge in [-0.1, -0.05) is 12.0 Å². The number of carbonyl (C=O) groups is 1. The Hall–Kier alpha value is -1.82. The lowest BCUT2D eigenvalue weighted by atomic mass is 10.2. The van der Waals surface area contributed by atoms with E-state index >= 15 is 0 Å². The molecule has 3 heteroatoms. The van der Waals surface area contributed by atoms with Crippen LogP contribution in [-0.4, -0.2) is 10.9 Å². The fraction of sp³-hybridized carbons (Fsp3) is 0.273. The summed E-state index contributed by atoms with van der Waals surface area (Å²) in [5.74, 6) is 2.37. The predicted molar refractivity (Wildman–Crippen MR) is 54.4 cm³/mol. The van der Waals surface area contributed by atoms with Gasteiger partial charge in [-0.3, -0.25) is 4.79 Å². The van der Waals surface area contributed by atoms with E-state index in [2.05, 4.69) is 16.2 Å². The lowest BCUT2D eigenvalue weighted by Crippen LogP contribution is -2.24. The van der Waals surface area contributed by atoms with Crippen molar-refractivity contribution >= 4 is 5.91 Å². The van der Waals surface area contributed by atoms with Gasteiger partial charge in [0.2, 0.25) is 5.91 Å². The Labute approximate surface area is 83.6 Å². The first-order chi connectivity index (χ1) is 6.63. The third kappa shape index (κ3) is 2.60. The van der Waals surface area contributed by atoms with Crippen molar-refractivity contribution in [2.45, 2.75) is 19.9 Å². The van der Waals surface area contributed by atoms with Gasteiger partial charge in [-0.05, 0) is 19.1 Å². The van der Waals surface area contributed by atoms with Gasteiger partial charge < -0.3 is 5.32 Å². The molecule has 0 radical (unpaired) electrons. The van der Waals surface area contributed by atoms with E-state index < -0.39 is 0 Å². The highest BCUT2D eigenvalue weighted by Crippen LogP contribution is 2.09. The number of aromatic nitrogens is 1. The van der Waals surface area contributed by atoms with Crippen LogP contribution in [0.1, 0.15) is 31.3 Å². The molecule has 0 aromatic carbocycles. The summed E-state index contributed by atoms with van der Waals surface area (Å²) in [5, 5.41) is 2.74. The average Bonchev–Trinajstić information content (AvgIpc) is 2.17. The molecule has 0 unspecified atom stereocenters. The highest BCUT2D eigenvalue weighted by atomic mass is 16.1. The Morgan fingerprint density at radius 3 is 2.93 bits per heavy atom. The first-order valence-corrected chi connectivity index (χ1v) is 4.34. The predicted octanol–water partition coefficient (Wildman–Crippen LogP) is 1.26. The summed E-state index contributed by atoms with van der Waals surface area (Å²) >= 11 is 0. The van der Waals surface area contributed by atoms with Crippen LogP contribution in [0.4, 0.5) is 0 Å². The largest absolute Gasteiger partial charge is 0.348 e. The van der Waals surface area contributed by atoms with Gasteiger partial charge in [0.15, 0.2) is 0 Å². The lowest BCUT2D eigenvalue weighted by Gasteiger charge is -2.11. The maximum Gasteiger partial charge on any atom is 0.217 e. The number of nitrogens with zero attached hydrogens (tertiary/aromatic N) is 1. The minimum Gasteiger partial charge on any atom is -0.348 e. The third-order valence-electron chi connectivity index (χ3n) is 1.78. The Kier molecular flexibility index (Phi) is 3.24. The second-order valence-electron chi connectivity index (χ2n) is 3.01. The fourth-order valence-electron chi connectivity index (χ4n) is 1.15. The molecule has 0 spiro atoms. The van der Waals surface area contributed by atoms with Gasteiger partial charge in [0.25, 0.3) is 0 Å². The zero-order valence-corrected chi connectivity index (χ0v) is 8.24. The van der Waals surface area contributed by atoms with Crippen LogP contribution in [-0.2, 0) is 4.79 Å². The fourth-order valence-corrected chi connectivity index (χ4v) is 1.15. The van der Waals surface area contributed by atoms with Crippen molar-refractivity contribution in [3.8, 4) is 12.3 Å². The van der Waals surface area contributed by atoms with Crippen molar-refractivity contribution in [1.29, 1.82) is 0 Å². The molecule has 0 aliphatic rings. The molecule has 1 aromatic rings. The molecule has 0 aliphatic heterocycles. The minimum absolute atomic E-state index is 0.0783. The summed E-state index contributed by atoms with van der Waals surface area (Å²) in [5.41, 5.74) is 1.36. The Morgan fingerprint density at radius 1 is 1.64 bits per heavy atom. The normalized spacial score (nSPS) is 11.5. The van der Waals surface area contributed by atoms with Crippen LogP contribution < -0.4 is 5.32 Å². The Balaban J connectivity index is 2.85. The van der Waals surface area contributed by atoms with Crippen LogP contribution >= 0.6 is 0 Å². The standard InChI is InChI=1S/C11H12N2O/c1-4-10-6-5-7-11(13-10)8(2)12-9(3)14/h1,5-8H,2-3H3,(H,12,14)/t8-/m0/s1. The molecule has 1 atom stereocenters. The van der Waals surface area contributed by atoms with Crippen molar-refractivity contribution in [2.75, 3.05) is 0 Å². The number of rotatable bonds is 2. The first kappa shape index (κ1) is 10.3. The van der Waals surface area contributed by atoms with E-state index in [9.17, 15) is 4.79 Å². The van der Waals surface area contributed by atoms with E-state index in [1.54, 1.807) is 6.07 Å². The molecule has 14 heavy (non-hydrogen) atoms. The molecule has 0 aliphatic carbocycles. The average molecular weight is 188 g/mol. The smallest absolute Gasteiger partial charge is 0.217 e. The molecular formula is C11H12N2O. The molecule has 0 bridgehead atoms. The molecule has 3 nitrogen and oxygen atoms in total.